The van der Waals surface area contributed by atoms with Crippen molar-refractivity contribution >= 4 is 28.4 Å². The van der Waals surface area contributed by atoms with Gasteiger partial charge in [-0.3, -0.25) is 0 Å². The second-order valence-corrected chi connectivity index (χ2v) is 10.5. The van der Waals surface area contributed by atoms with Crippen molar-refractivity contribution in [2.24, 2.45) is 7.05 Å². The van der Waals surface area contributed by atoms with Crippen LogP contribution in [0.15, 0.2) is 84.9 Å². The monoisotopic (exact) mass is 516 g/mol. The first-order valence-corrected chi connectivity index (χ1v) is 13.4. The van der Waals surface area contributed by atoms with E-state index < -0.39 is 5.97 Å². The van der Waals surface area contributed by atoms with Gasteiger partial charge in [-0.1, -0.05) is 67.9 Å². The normalized spacial score (nSPS) is 16.1. The molecule has 0 radical (unpaired) electrons. The first-order chi connectivity index (χ1) is 18.9. The van der Waals surface area contributed by atoms with Crippen molar-refractivity contribution in [1.29, 1.82) is 0 Å². The van der Waals surface area contributed by atoms with Gasteiger partial charge in [0.25, 0.3) is 0 Å². The number of anilines is 2. The van der Waals surface area contributed by atoms with Gasteiger partial charge in [-0.05, 0) is 65.9 Å². The number of fused-ring (bicyclic) bond motifs is 2. The van der Waals surface area contributed by atoms with Crippen LogP contribution < -0.4 is 10.6 Å². The number of nitrogens with one attached hydrogen (secondary N) is 2. The first kappa shape index (κ1) is 24.7. The fourth-order valence-corrected chi connectivity index (χ4v) is 5.91. The summed E-state index contributed by atoms with van der Waals surface area (Å²) >= 11 is 0. The van der Waals surface area contributed by atoms with E-state index in [0.717, 1.165) is 64.2 Å². The van der Waals surface area contributed by atoms with E-state index in [2.05, 4.69) is 72.5 Å². The zero-order chi connectivity index (χ0) is 27.1. The number of aryl methyl sites for hydroxylation is 2. The van der Waals surface area contributed by atoms with Crippen LogP contribution in [0.4, 0.5) is 11.4 Å². The Bertz CT molecular complexity index is 1700. The van der Waals surface area contributed by atoms with E-state index in [4.69, 9.17) is 4.98 Å². The molecule has 0 amide bonds. The Balaban J connectivity index is 1.30. The highest BCUT2D eigenvalue weighted by Crippen LogP contribution is 2.43. The van der Waals surface area contributed by atoms with Crippen LogP contribution >= 0.6 is 0 Å². The van der Waals surface area contributed by atoms with Crippen molar-refractivity contribution < 1.29 is 9.90 Å². The summed E-state index contributed by atoms with van der Waals surface area (Å²) in [5.74, 6) is 0.0381. The van der Waals surface area contributed by atoms with E-state index >= 15 is 0 Å². The molecule has 6 rings (SSSR count). The van der Waals surface area contributed by atoms with Crippen molar-refractivity contribution in [3.05, 3.63) is 102 Å². The van der Waals surface area contributed by atoms with Gasteiger partial charge in [0.15, 0.2) is 0 Å². The molecule has 1 unspecified atom stereocenters. The molecule has 0 saturated heterocycles. The number of aromatic nitrogens is 2. The lowest BCUT2D eigenvalue weighted by Crippen LogP contribution is -2.44. The number of carboxylic acids is 1. The molecular formula is C33H32N4O2. The quantitative estimate of drug-likeness (QED) is 0.209. The standard InChI is InChI=1S/C33H32N4O2/c1-4-17-33(20-22-13-15-23(16-14-22)25-9-5-6-10-26(25)32(38)39)35-28-19-24(18-21(2)30(28)36-33)31-34-27-11-7-8-12-29(27)37(31)3/h5-16,18-19,35-36H,4,17,20H2,1-3H3,(H,38,39). The van der Waals surface area contributed by atoms with Crippen molar-refractivity contribution in [3.63, 3.8) is 0 Å². The maximum absolute atomic E-state index is 11.7. The molecule has 0 saturated carbocycles. The molecule has 2 heterocycles. The van der Waals surface area contributed by atoms with Crippen molar-refractivity contribution in [2.75, 3.05) is 10.6 Å². The summed E-state index contributed by atoms with van der Waals surface area (Å²) < 4.78 is 2.15. The van der Waals surface area contributed by atoms with Gasteiger partial charge >= 0.3 is 5.97 Å². The molecular weight excluding hydrogens is 484 g/mol. The van der Waals surface area contributed by atoms with E-state index in [1.165, 1.54) is 11.1 Å². The fourth-order valence-electron chi connectivity index (χ4n) is 5.91. The topological polar surface area (TPSA) is 79.2 Å². The van der Waals surface area contributed by atoms with Crippen LogP contribution in [0, 0.1) is 6.92 Å². The van der Waals surface area contributed by atoms with Gasteiger partial charge in [-0.2, -0.15) is 0 Å². The molecule has 1 aliphatic heterocycles. The van der Waals surface area contributed by atoms with Gasteiger partial charge in [0.1, 0.15) is 11.5 Å². The lowest BCUT2D eigenvalue weighted by atomic mass is 9.93. The van der Waals surface area contributed by atoms with Crippen LogP contribution in [0.5, 0.6) is 0 Å². The number of rotatable bonds is 7. The summed E-state index contributed by atoms with van der Waals surface area (Å²) in [5, 5.41) is 17.3. The van der Waals surface area contributed by atoms with Gasteiger partial charge in [-0.25, -0.2) is 9.78 Å². The van der Waals surface area contributed by atoms with Gasteiger partial charge in [0, 0.05) is 19.0 Å². The number of aromatic carboxylic acids is 1. The highest BCUT2D eigenvalue weighted by Gasteiger charge is 2.36. The Morgan fingerprint density at radius 2 is 1.69 bits per heavy atom. The van der Waals surface area contributed by atoms with Crippen LogP contribution in [-0.4, -0.2) is 26.3 Å². The summed E-state index contributed by atoms with van der Waals surface area (Å²) in [7, 11) is 2.07. The Hall–Kier alpha value is -4.58. The van der Waals surface area contributed by atoms with Crippen LogP contribution in [0.3, 0.4) is 0 Å². The van der Waals surface area contributed by atoms with Crippen LogP contribution in [-0.2, 0) is 13.5 Å². The number of benzene rings is 4. The molecule has 0 bridgehead atoms. The molecule has 6 heteroatoms. The van der Waals surface area contributed by atoms with Gasteiger partial charge < -0.3 is 20.3 Å². The van der Waals surface area contributed by atoms with E-state index in [1.807, 2.05) is 36.4 Å². The lowest BCUT2D eigenvalue weighted by Gasteiger charge is -2.31. The molecule has 196 valence electrons. The number of hydrogen-bond donors (Lipinski definition) is 3. The highest BCUT2D eigenvalue weighted by atomic mass is 16.4. The second-order valence-electron chi connectivity index (χ2n) is 10.5. The lowest BCUT2D eigenvalue weighted by molar-refractivity contribution is 0.0697. The maximum atomic E-state index is 11.7. The Labute approximate surface area is 228 Å². The number of nitrogens with zero attached hydrogens (tertiary/aromatic N) is 2. The maximum Gasteiger partial charge on any atom is 0.336 e. The number of carboxylic acid groups (broad SMARTS) is 1. The third kappa shape index (κ3) is 4.42. The van der Waals surface area contributed by atoms with E-state index in [1.54, 1.807) is 12.1 Å². The third-order valence-electron chi connectivity index (χ3n) is 7.72. The Kier molecular flexibility index (Phi) is 6.10. The molecule has 6 nitrogen and oxygen atoms in total. The van der Waals surface area contributed by atoms with Crippen molar-refractivity contribution in [3.8, 4) is 22.5 Å². The minimum atomic E-state index is -0.915. The Morgan fingerprint density at radius 3 is 2.44 bits per heavy atom. The van der Waals surface area contributed by atoms with Gasteiger partial charge in [-0.15, -0.1) is 0 Å². The largest absolute Gasteiger partial charge is 0.478 e. The van der Waals surface area contributed by atoms with E-state index in [-0.39, 0.29) is 5.66 Å². The van der Waals surface area contributed by atoms with Crippen molar-refractivity contribution in [1.82, 2.24) is 9.55 Å². The molecule has 1 aromatic heterocycles. The zero-order valence-corrected chi connectivity index (χ0v) is 22.5. The predicted octanol–water partition coefficient (Wildman–Crippen LogP) is 7.49. The van der Waals surface area contributed by atoms with Gasteiger partial charge in [0.2, 0.25) is 0 Å². The van der Waals surface area contributed by atoms with E-state index in [0.29, 0.717) is 5.56 Å². The third-order valence-corrected chi connectivity index (χ3v) is 7.72. The molecule has 3 N–H and O–H groups in total. The minimum absolute atomic E-state index is 0.312. The second kappa shape index (κ2) is 9.62. The molecule has 39 heavy (non-hydrogen) atoms. The predicted molar refractivity (Wildman–Crippen MR) is 158 cm³/mol. The SMILES string of the molecule is CCCC1(Cc2ccc(-c3ccccc3C(=O)O)cc2)Nc2cc(-c3nc4ccccc4n3C)cc(C)c2N1. The number of para-hydroxylation sites is 2. The average molecular weight is 517 g/mol. The van der Waals surface area contributed by atoms with Crippen molar-refractivity contribution in [2.45, 2.75) is 38.8 Å². The fraction of sp³-hybridized carbons (Fsp3) is 0.212. The summed E-state index contributed by atoms with van der Waals surface area (Å²) in [6.45, 7) is 4.36. The van der Waals surface area contributed by atoms with Crippen LogP contribution in [0.1, 0.15) is 41.3 Å². The zero-order valence-electron chi connectivity index (χ0n) is 22.5. The minimum Gasteiger partial charge on any atom is -0.478 e. The van der Waals surface area contributed by atoms with E-state index in [9.17, 15) is 9.90 Å². The number of hydrogen-bond acceptors (Lipinski definition) is 4. The average Bonchev–Trinajstić information content (AvgIpc) is 3.47. The first-order valence-electron chi connectivity index (χ1n) is 13.4. The molecule has 0 spiro atoms. The highest BCUT2D eigenvalue weighted by molar-refractivity contribution is 5.96. The molecule has 1 aliphatic rings. The summed E-state index contributed by atoms with van der Waals surface area (Å²) in [6.07, 6.45) is 2.76. The smallest absolute Gasteiger partial charge is 0.336 e. The summed E-state index contributed by atoms with van der Waals surface area (Å²) in [6, 6.07) is 28.0. The molecule has 4 aromatic carbocycles. The number of imidazole rings is 1. The molecule has 5 aromatic rings. The summed E-state index contributed by atoms with van der Waals surface area (Å²) in [4.78, 5) is 16.6. The Morgan fingerprint density at radius 1 is 0.949 bits per heavy atom. The van der Waals surface area contributed by atoms with Crippen LogP contribution in [0.25, 0.3) is 33.5 Å². The van der Waals surface area contributed by atoms with Gasteiger partial charge in [0.05, 0.1) is 28.0 Å². The summed E-state index contributed by atoms with van der Waals surface area (Å²) in [5.41, 5.74) is 9.43. The number of carbonyl (C=O) groups is 1. The molecule has 0 aliphatic carbocycles. The molecule has 1 atom stereocenters. The molecule has 0 fully saturated rings. The van der Waals surface area contributed by atoms with Crippen LogP contribution in [0.2, 0.25) is 0 Å².